The van der Waals surface area contributed by atoms with E-state index in [-0.39, 0.29) is 29.3 Å². The van der Waals surface area contributed by atoms with Crippen LogP contribution in [0.15, 0.2) is 0 Å². The smallest absolute Gasteiger partial charge is 0.146 e. The van der Waals surface area contributed by atoms with Crippen LogP contribution in [0.25, 0.3) is 0 Å². The van der Waals surface area contributed by atoms with E-state index in [1.807, 2.05) is 13.8 Å². The van der Waals surface area contributed by atoms with Crippen molar-refractivity contribution < 1.29 is 9.59 Å². The van der Waals surface area contributed by atoms with Gasteiger partial charge >= 0.3 is 0 Å². The molecule has 0 saturated heterocycles. The number of carbonyl (C=O) groups excluding carboxylic acids is 2. The zero-order chi connectivity index (χ0) is 10.0. The molecule has 1 rings (SSSR count). The fraction of sp³-hybridized carbons (Fsp3) is 0.818. The van der Waals surface area contributed by atoms with Crippen molar-refractivity contribution in [3.8, 4) is 0 Å². The van der Waals surface area contributed by atoms with E-state index in [0.29, 0.717) is 0 Å². The molecular formula is C11H18O2. The van der Waals surface area contributed by atoms with Crippen molar-refractivity contribution in [2.45, 2.75) is 40.0 Å². The van der Waals surface area contributed by atoms with E-state index >= 15 is 0 Å². The summed E-state index contributed by atoms with van der Waals surface area (Å²) in [4.78, 5) is 23.2. The number of carbonyl (C=O) groups is 2. The lowest BCUT2D eigenvalue weighted by atomic mass is 9.76. The first-order valence-corrected chi connectivity index (χ1v) is 5.11. The Hall–Kier alpha value is -0.660. The summed E-state index contributed by atoms with van der Waals surface area (Å²) in [5.41, 5.74) is 0. The molecule has 0 aromatic carbocycles. The van der Waals surface area contributed by atoms with Crippen molar-refractivity contribution in [3.63, 3.8) is 0 Å². The Morgan fingerprint density at radius 3 is 2.00 bits per heavy atom. The van der Waals surface area contributed by atoms with Crippen LogP contribution >= 0.6 is 0 Å². The zero-order valence-electron chi connectivity index (χ0n) is 8.67. The van der Waals surface area contributed by atoms with Gasteiger partial charge in [0.1, 0.15) is 11.6 Å². The van der Waals surface area contributed by atoms with Crippen LogP contribution in [0, 0.1) is 17.8 Å². The Balaban J connectivity index is 2.50. The van der Waals surface area contributed by atoms with E-state index in [2.05, 4.69) is 0 Å². The standard InChI is InChI=1S/C11H18O2/c1-7(2)10(12)8(3)11(13)9-5-4-6-9/h7-9H,4-6H2,1-3H3. The first-order valence-electron chi connectivity index (χ1n) is 5.11. The minimum absolute atomic E-state index is 0.0148. The Labute approximate surface area is 79.7 Å². The van der Waals surface area contributed by atoms with Crippen LogP contribution in [0.1, 0.15) is 40.0 Å². The van der Waals surface area contributed by atoms with Gasteiger partial charge in [0.05, 0.1) is 5.92 Å². The SMILES string of the molecule is CC(C)C(=O)C(C)C(=O)C1CCC1. The van der Waals surface area contributed by atoms with Crippen LogP contribution in [0.3, 0.4) is 0 Å². The molecule has 13 heavy (non-hydrogen) atoms. The first kappa shape index (κ1) is 10.4. The van der Waals surface area contributed by atoms with Gasteiger partial charge in [-0.15, -0.1) is 0 Å². The molecule has 1 fully saturated rings. The maximum absolute atomic E-state index is 11.7. The molecule has 1 aliphatic carbocycles. The first-order chi connectivity index (χ1) is 6.04. The minimum atomic E-state index is -0.370. The van der Waals surface area contributed by atoms with Crippen LogP contribution in [0.5, 0.6) is 0 Å². The summed E-state index contributed by atoms with van der Waals surface area (Å²) in [7, 11) is 0. The van der Waals surface area contributed by atoms with E-state index in [0.717, 1.165) is 19.3 Å². The Kier molecular flexibility index (Phi) is 3.23. The average Bonchev–Trinajstić information content (AvgIpc) is 1.98. The highest BCUT2D eigenvalue weighted by Gasteiger charge is 2.32. The minimum Gasteiger partial charge on any atom is -0.299 e. The molecule has 0 amide bonds. The van der Waals surface area contributed by atoms with E-state index in [9.17, 15) is 9.59 Å². The van der Waals surface area contributed by atoms with Crippen molar-refractivity contribution >= 4 is 11.6 Å². The topological polar surface area (TPSA) is 34.1 Å². The fourth-order valence-electron chi connectivity index (χ4n) is 1.69. The summed E-state index contributed by atoms with van der Waals surface area (Å²) in [6, 6.07) is 0. The molecule has 0 spiro atoms. The second kappa shape index (κ2) is 4.03. The van der Waals surface area contributed by atoms with Crippen LogP contribution < -0.4 is 0 Å². The highest BCUT2D eigenvalue weighted by Crippen LogP contribution is 2.30. The third-order valence-corrected chi connectivity index (χ3v) is 2.93. The maximum atomic E-state index is 11.7. The second-order valence-electron chi connectivity index (χ2n) is 4.31. The highest BCUT2D eigenvalue weighted by molar-refractivity contribution is 6.03. The largest absolute Gasteiger partial charge is 0.299 e. The second-order valence-corrected chi connectivity index (χ2v) is 4.31. The predicted molar refractivity (Wildman–Crippen MR) is 51.4 cm³/mol. The Bertz CT molecular complexity index is 214. The van der Waals surface area contributed by atoms with Gasteiger partial charge in [0.2, 0.25) is 0 Å². The number of hydrogen-bond donors (Lipinski definition) is 0. The van der Waals surface area contributed by atoms with Crippen molar-refractivity contribution in [1.29, 1.82) is 0 Å². The quantitative estimate of drug-likeness (QED) is 0.625. The lowest BCUT2D eigenvalue weighted by molar-refractivity contribution is -0.137. The molecule has 2 nitrogen and oxygen atoms in total. The van der Waals surface area contributed by atoms with Crippen LogP contribution in [0.2, 0.25) is 0 Å². The molecule has 0 radical (unpaired) electrons. The number of rotatable bonds is 4. The molecule has 0 bridgehead atoms. The third-order valence-electron chi connectivity index (χ3n) is 2.93. The van der Waals surface area contributed by atoms with E-state index in [1.165, 1.54) is 0 Å². The van der Waals surface area contributed by atoms with Gasteiger partial charge in [-0.2, -0.15) is 0 Å². The molecule has 2 heteroatoms. The van der Waals surface area contributed by atoms with Crippen molar-refractivity contribution in [2.24, 2.45) is 17.8 Å². The van der Waals surface area contributed by atoms with Gasteiger partial charge in [-0.25, -0.2) is 0 Å². The Morgan fingerprint density at radius 2 is 1.69 bits per heavy atom. The van der Waals surface area contributed by atoms with Crippen LogP contribution in [0.4, 0.5) is 0 Å². The zero-order valence-corrected chi connectivity index (χ0v) is 8.67. The number of hydrogen-bond acceptors (Lipinski definition) is 2. The van der Waals surface area contributed by atoms with Crippen molar-refractivity contribution in [1.82, 2.24) is 0 Å². The molecule has 1 unspecified atom stereocenters. The maximum Gasteiger partial charge on any atom is 0.146 e. The molecule has 74 valence electrons. The van der Waals surface area contributed by atoms with Gasteiger partial charge in [-0.05, 0) is 19.8 Å². The monoisotopic (exact) mass is 182 g/mol. The van der Waals surface area contributed by atoms with Gasteiger partial charge in [-0.1, -0.05) is 20.3 Å². The molecule has 0 N–H and O–H groups in total. The summed E-state index contributed by atoms with van der Waals surface area (Å²) < 4.78 is 0. The molecule has 0 heterocycles. The van der Waals surface area contributed by atoms with Gasteiger partial charge in [0.15, 0.2) is 0 Å². The van der Waals surface area contributed by atoms with E-state index in [4.69, 9.17) is 0 Å². The molecule has 1 aliphatic rings. The highest BCUT2D eigenvalue weighted by atomic mass is 16.2. The molecule has 1 atom stereocenters. The van der Waals surface area contributed by atoms with Crippen LogP contribution in [-0.4, -0.2) is 11.6 Å². The summed E-state index contributed by atoms with van der Waals surface area (Å²) >= 11 is 0. The van der Waals surface area contributed by atoms with Crippen molar-refractivity contribution in [3.05, 3.63) is 0 Å². The predicted octanol–water partition coefficient (Wildman–Crippen LogP) is 2.22. The molecule has 1 saturated carbocycles. The summed E-state index contributed by atoms with van der Waals surface area (Å²) in [6.45, 7) is 5.46. The van der Waals surface area contributed by atoms with E-state index in [1.54, 1.807) is 6.92 Å². The van der Waals surface area contributed by atoms with Gasteiger partial charge in [-0.3, -0.25) is 9.59 Å². The van der Waals surface area contributed by atoms with Gasteiger partial charge in [0, 0.05) is 11.8 Å². The fourth-order valence-corrected chi connectivity index (χ4v) is 1.69. The number of Topliss-reactive ketones (excluding diaryl/α,β-unsaturated/α-hetero) is 2. The summed E-state index contributed by atoms with van der Waals surface area (Å²) in [5, 5.41) is 0. The summed E-state index contributed by atoms with van der Waals surface area (Å²) in [5.74, 6) is 0.0730. The normalized spacial score (nSPS) is 19.7. The van der Waals surface area contributed by atoms with Crippen LogP contribution in [-0.2, 0) is 9.59 Å². The molecular weight excluding hydrogens is 164 g/mol. The lowest BCUT2D eigenvalue weighted by Gasteiger charge is -2.26. The Morgan fingerprint density at radius 1 is 1.15 bits per heavy atom. The van der Waals surface area contributed by atoms with E-state index < -0.39 is 0 Å². The number of ketones is 2. The summed E-state index contributed by atoms with van der Waals surface area (Å²) in [6.07, 6.45) is 3.14. The van der Waals surface area contributed by atoms with Crippen molar-refractivity contribution in [2.75, 3.05) is 0 Å². The molecule has 0 aromatic heterocycles. The van der Waals surface area contributed by atoms with Gasteiger partial charge in [0.25, 0.3) is 0 Å². The molecule has 0 aromatic rings. The lowest BCUT2D eigenvalue weighted by Crippen LogP contribution is -2.33. The third kappa shape index (κ3) is 2.17. The van der Waals surface area contributed by atoms with Gasteiger partial charge < -0.3 is 0 Å². The molecule has 0 aliphatic heterocycles. The average molecular weight is 182 g/mol.